The third-order valence-electron chi connectivity index (χ3n) is 3.87. The van der Waals surface area contributed by atoms with E-state index < -0.39 is 33.2 Å². The van der Waals surface area contributed by atoms with Crippen LogP contribution in [0.2, 0.25) is 6.04 Å². The zero-order chi connectivity index (χ0) is 20.7. The van der Waals surface area contributed by atoms with Gasteiger partial charge >= 0.3 is 44.1 Å². The molecule has 0 aromatic heterocycles. The molecule has 0 fully saturated rings. The normalized spacial score (nSPS) is 11.4. The van der Waals surface area contributed by atoms with Crippen LogP contribution in [0.3, 0.4) is 0 Å². The summed E-state index contributed by atoms with van der Waals surface area (Å²) >= 11 is -0.472. The summed E-state index contributed by atoms with van der Waals surface area (Å²) in [6.07, 6.45) is 1.01. The van der Waals surface area contributed by atoms with E-state index >= 15 is 0 Å². The van der Waals surface area contributed by atoms with Gasteiger partial charge < -0.3 is 13.3 Å². The van der Waals surface area contributed by atoms with Crippen molar-refractivity contribution in [3.05, 3.63) is 60.7 Å². The zero-order valence-electron chi connectivity index (χ0n) is 16.6. The topological polar surface area (TPSA) is 27.7 Å². The molecule has 8 heteroatoms. The second-order valence-corrected chi connectivity index (χ2v) is 14.0. The van der Waals surface area contributed by atoms with Gasteiger partial charge in [-0.15, -0.1) is 0 Å². The van der Waals surface area contributed by atoms with Gasteiger partial charge in [0, 0.05) is 25.9 Å². The standard InChI is InChI=1S/C20H29O3PSi.2ClH.Pt/c1-4-21-25(22-5-2,23-6-3)18-17-24(19-13-9-7-10-14-19)20-15-11-8-12-16-20;;;/h7-16H,4-6,17-18H2,1-3H3;2*1H;/q;;;+2/p-2. The molecule has 0 saturated carbocycles. The molecule has 0 heterocycles. The Morgan fingerprint density at radius 1 is 0.750 bits per heavy atom. The van der Waals surface area contributed by atoms with E-state index in [1.807, 2.05) is 20.8 Å². The van der Waals surface area contributed by atoms with E-state index in [-0.39, 0.29) is 0 Å². The molecular formula is C20H29Cl2O3PPtSi. The Labute approximate surface area is 188 Å². The van der Waals surface area contributed by atoms with Crippen LogP contribution in [0.1, 0.15) is 20.8 Å². The first-order valence-electron chi connectivity index (χ1n) is 9.28. The van der Waals surface area contributed by atoms with E-state index in [1.165, 1.54) is 10.6 Å². The van der Waals surface area contributed by atoms with Gasteiger partial charge in [0.1, 0.15) is 0 Å². The molecule has 0 saturated heterocycles. The van der Waals surface area contributed by atoms with Crippen molar-refractivity contribution >= 4 is 46.2 Å². The molecular weight excluding hydrogens is 613 g/mol. The van der Waals surface area contributed by atoms with Crippen LogP contribution >= 0.6 is 26.8 Å². The minimum atomic E-state index is -2.61. The Morgan fingerprint density at radius 3 is 1.43 bits per heavy atom. The van der Waals surface area contributed by atoms with Gasteiger partial charge in [-0.1, -0.05) is 60.7 Å². The maximum absolute atomic E-state index is 6.04. The molecule has 28 heavy (non-hydrogen) atoms. The average Bonchev–Trinajstić information content (AvgIpc) is 2.71. The molecule has 0 aliphatic rings. The molecule has 0 amide bonds. The predicted molar refractivity (Wildman–Crippen MR) is 121 cm³/mol. The fraction of sp³-hybridized carbons (Fsp3) is 0.400. The molecule has 0 unspecified atom stereocenters. The minimum absolute atomic E-state index is 0.453. The van der Waals surface area contributed by atoms with Gasteiger partial charge in [-0.2, -0.15) is 0 Å². The van der Waals surface area contributed by atoms with Crippen molar-refractivity contribution in [1.82, 2.24) is 0 Å². The SMILES string of the molecule is CCO[Si](CCP(c1ccccc1)c1ccccc1)(OCC)OCC.[Cl][Pt][Cl]. The fourth-order valence-electron chi connectivity index (χ4n) is 2.87. The number of hydrogen-bond donors (Lipinski definition) is 0. The van der Waals surface area contributed by atoms with E-state index in [4.69, 9.17) is 32.1 Å². The van der Waals surface area contributed by atoms with Crippen molar-refractivity contribution in [3.63, 3.8) is 0 Å². The molecule has 2 rings (SSSR count). The summed E-state index contributed by atoms with van der Waals surface area (Å²) in [5.74, 6) is 0. The summed E-state index contributed by atoms with van der Waals surface area (Å²) in [5.41, 5.74) is 0. The van der Waals surface area contributed by atoms with Gasteiger partial charge in [-0.05, 0) is 45.5 Å². The summed E-state index contributed by atoms with van der Waals surface area (Å²) in [6.45, 7) is 7.91. The Bertz CT molecular complexity index is 569. The molecule has 0 spiro atoms. The van der Waals surface area contributed by atoms with Crippen LogP contribution in [0.4, 0.5) is 0 Å². The molecule has 0 aliphatic carbocycles. The summed E-state index contributed by atoms with van der Waals surface area (Å²) in [5, 5.41) is 2.77. The summed E-state index contributed by atoms with van der Waals surface area (Å²) in [4.78, 5) is 0. The molecule has 0 aliphatic heterocycles. The zero-order valence-corrected chi connectivity index (χ0v) is 22.2. The van der Waals surface area contributed by atoms with Gasteiger partial charge in [0.25, 0.3) is 0 Å². The van der Waals surface area contributed by atoms with Gasteiger partial charge in [-0.3, -0.25) is 0 Å². The summed E-state index contributed by atoms with van der Waals surface area (Å²) < 4.78 is 18.1. The van der Waals surface area contributed by atoms with Crippen LogP contribution in [0.15, 0.2) is 60.7 Å². The van der Waals surface area contributed by atoms with Crippen molar-refractivity contribution in [3.8, 4) is 0 Å². The summed E-state index contributed by atoms with van der Waals surface area (Å²) in [7, 11) is 6.69. The van der Waals surface area contributed by atoms with Crippen LogP contribution in [0.5, 0.6) is 0 Å². The fourth-order valence-corrected chi connectivity index (χ4v) is 8.74. The van der Waals surface area contributed by atoms with Crippen LogP contribution in [0, 0.1) is 0 Å². The van der Waals surface area contributed by atoms with Crippen molar-refractivity contribution in [2.45, 2.75) is 26.8 Å². The van der Waals surface area contributed by atoms with E-state index in [1.54, 1.807) is 0 Å². The van der Waals surface area contributed by atoms with Gasteiger partial charge in [0.2, 0.25) is 0 Å². The predicted octanol–water partition coefficient (Wildman–Crippen LogP) is 5.54. The molecule has 0 N–H and O–H groups in total. The van der Waals surface area contributed by atoms with E-state index in [0.29, 0.717) is 19.8 Å². The molecule has 160 valence electrons. The van der Waals surface area contributed by atoms with Crippen LogP contribution < -0.4 is 10.6 Å². The first-order chi connectivity index (χ1) is 13.7. The Morgan fingerprint density at radius 2 is 1.11 bits per heavy atom. The third kappa shape index (κ3) is 9.37. The van der Waals surface area contributed by atoms with Gasteiger partial charge in [0.15, 0.2) is 0 Å². The average molecular weight is 642 g/mol. The molecule has 0 radical (unpaired) electrons. The van der Waals surface area contributed by atoms with Gasteiger partial charge in [-0.25, -0.2) is 0 Å². The number of hydrogen-bond acceptors (Lipinski definition) is 3. The Kier molecular flexibility index (Phi) is 15.0. The third-order valence-corrected chi connectivity index (χ3v) is 9.85. The van der Waals surface area contributed by atoms with E-state index in [9.17, 15) is 0 Å². The maximum atomic E-state index is 6.04. The molecule has 2 aromatic carbocycles. The first-order valence-corrected chi connectivity index (χ1v) is 18.4. The monoisotopic (exact) mass is 641 g/mol. The molecule has 0 bridgehead atoms. The second-order valence-electron chi connectivity index (χ2n) is 5.60. The van der Waals surface area contributed by atoms with Gasteiger partial charge in [0.05, 0.1) is 0 Å². The molecule has 0 atom stereocenters. The molecule has 2 aromatic rings. The Hall–Kier alpha value is 0.235. The Balaban J connectivity index is 0.00000122. The van der Waals surface area contributed by atoms with Crippen molar-refractivity contribution < 1.29 is 29.8 Å². The van der Waals surface area contributed by atoms with Crippen molar-refractivity contribution in [1.29, 1.82) is 0 Å². The molecule has 3 nitrogen and oxygen atoms in total. The number of benzene rings is 2. The van der Waals surface area contributed by atoms with Crippen LogP contribution in [0.25, 0.3) is 0 Å². The van der Waals surface area contributed by atoms with E-state index in [2.05, 4.69) is 60.7 Å². The second kappa shape index (κ2) is 16.0. The first kappa shape index (κ1) is 26.3. The van der Waals surface area contributed by atoms with Crippen molar-refractivity contribution in [2.24, 2.45) is 0 Å². The van der Waals surface area contributed by atoms with E-state index in [0.717, 1.165) is 12.2 Å². The summed E-state index contributed by atoms with van der Waals surface area (Å²) in [6, 6.07) is 22.4. The van der Waals surface area contributed by atoms with Crippen LogP contribution in [-0.4, -0.2) is 34.8 Å². The number of rotatable bonds is 11. The quantitative estimate of drug-likeness (QED) is 0.238. The van der Waals surface area contributed by atoms with Crippen molar-refractivity contribution in [2.75, 3.05) is 26.0 Å². The van der Waals surface area contributed by atoms with Crippen LogP contribution in [-0.2, 0) is 29.8 Å². The number of halogens is 2.